The minimum Gasteiger partial charge on any atom is -0.371 e. The average Bonchev–Trinajstić information content (AvgIpc) is 3.29. The molecule has 1 saturated heterocycles. The number of hydrogen-bond donors (Lipinski definition) is 2. The number of hydrogen-bond acceptors (Lipinski definition) is 5. The Kier molecular flexibility index (Phi) is 4.76. The summed E-state index contributed by atoms with van der Waals surface area (Å²) in [5, 5.41) is 7.97. The molecule has 0 saturated carbocycles. The summed E-state index contributed by atoms with van der Waals surface area (Å²) in [5.74, 6) is -0.989. The predicted octanol–water partition coefficient (Wildman–Crippen LogP) is 3.09. The third-order valence-electron chi connectivity index (χ3n) is 5.19. The maximum absolute atomic E-state index is 13.5. The van der Waals surface area contributed by atoms with Gasteiger partial charge in [0.25, 0.3) is 5.56 Å². The first-order valence-corrected chi connectivity index (χ1v) is 9.65. The highest BCUT2D eigenvalue weighted by molar-refractivity contribution is 5.74. The van der Waals surface area contributed by atoms with Crippen LogP contribution in [0.25, 0.3) is 11.0 Å². The Labute approximate surface area is 166 Å². The van der Waals surface area contributed by atoms with Gasteiger partial charge in [0.1, 0.15) is 5.39 Å². The number of nitrogens with zero attached hydrogens (tertiary/aromatic N) is 4. The Bertz CT molecular complexity index is 1100. The summed E-state index contributed by atoms with van der Waals surface area (Å²) in [5.41, 5.74) is 0.686. The lowest BCUT2D eigenvalue weighted by Gasteiger charge is -2.20. The van der Waals surface area contributed by atoms with Gasteiger partial charge in [-0.15, -0.1) is 0 Å². The van der Waals surface area contributed by atoms with Gasteiger partial charge in [-0.3, -0.25) is 9.78 Å². The fraction of sp³-hybridized carbons (Fsp3) is 0.450. The van der Waals surface area contributed by atoms with Crippen molar-refractivity contribution in [3.8, 4) is 0 Å². The van der Waals surface area contributed by atoms with Gasteiger partial charge in [-0.1, -0.05) is 0 Å². The number of fused-ring (bicyclic) bond motifs is 1. The summed E-state index contributed by atoms with van der Waals surface area (Å²) >= 11 is 0. The van der Waals surface area contributed by atoms with Crippen molar-refractivity contribution in [1.29, 1.82) is 0 Å². The summed E-state index contributed by atoms with van der Waals surface area (Å²) in [7, 11) is 0. The standard InChI is InChI=1S/C20H24F2N6O/c1-20(2,3)28-17-14(10-24-28)18(29)26-19(25-17)23-9-12-6-7-27(11-12)13-4-5-15(21)16(22)8-13/h4-5,8,10,12H,6-7,9,11H2,1-3H3,(H2,23,25,26,29). The van der Waals surface area contributed by atoms with Crippen molar-refractivity contribution in [1.82, 2.24) is 19.7 Å². The maximum Gasteiger partial charge on any atom is 0.263 e. The summed E-state index contributed by atoms with van der Waals surface area (Å²) in [6.07, 6.45) is 2.44. The lowest BCUT2D eigenvalue weighted by molar-refractivity contribution is 0.366. The minimum absolute atomic E-state index is 0.233. The average molecular weight is 402 g/mol. The zero-order valence-electron chi connectivity index (χ0n) is 16.7. The Balaban J connectivity index is 1.46. The van der Waals surface area contributed by atoms with E-state index in [0.717, 1.165) is 19.0 Å². The fourth-order valence-electron chi connectivity index (χ4n) is 3.65. The van der Waals surface area contributed by atoms with E-state index in [0.29, 0.717) is 35.8 Å². The molecular weight excluding hydrogens is 378 g/mol. The van der Waals surface area contributed by atoms with Crippen LogP contribution in [0, 0.1) is 17.6 Å². The van der Waals surface area contributed by atoms with Gasteiger partial charge >= 0.3 is 0 Å². The molecule has 2 N–H and O–H groups in total. The van der Waals surface area contributed by atoms with Gasteiger partial charge in [-0.2, -0.15) is 10.1 Å². The number of aromatic nitrogens is 4. The zero-order chi connectivity index (χ0) is 20.8. The molecule has 1 aliphatic rings. The molecule has 0 amide bonds. The monoisotopic (exact) mass is 402 g/mol. The molecule has 1 aliphatic heterocycles. The van der Waals surface area contributed by atoms with Crippen molar-refractivity contribution in [2.45, 2.75) is 32.7 Å². The lowest BCUT2D eigenvalue weighted by atomic mass is 10.1. The van der Waals surface area contributed by atoms with Gasteiger partial charge in [0.15, 0.2) is 17.3 Å². The first-order valence-electron chi connectivity index (χ1n) is 9.65. The van der Waals surface area contributed by atoms with Crippen LogP contribution >= 0.6 is 0 Å². The number of H-pyrrole nitrogens is 1. The van der Waals surface area contributed by atoms with Crippen molar-refractivity contribution < 1.29 is 8.78 Å². The molecule has 1 fully saturated rings. The molecule has 0 spiro atoms. The van der Waals surface area contributed by atoms with E-state index in [-0.39, 0.29) is 17.0 Å². The number of aromatic amines is 1. The molecule has 0 aliphatic carbocycles. The Hall–Kier alpha value is -2.97. The fourth-order valence-corrected chi connectivity index (χ4v) is 3.65. The number of anilines is 2. The molecule has 1 aromatic carbocycles. The van der Waals surface area contributed by atoms with E-state index in [1.165, 1.54) is 12.3 Å². The number of rotatable bonds is 4. The first-order chi connectivity index (χ1) is 13.7. The van der Waals surface area contributed by atoms with Crippen molar-refractivity contribution in [3.63, 3.8) is 0 Å². The molecule has 3 aromatic rings. The van der Waals surface area contributed by atoms with Crippen molar-refractivity contribution in [3.05, 3.63) is 46.4 Å². The van der Waals surface area contributed by atoms with Gasteiger partial charge in [0.05, 0.1) is 11.7 Å². The molecule has 29 heavy (non-hydrogen) atoms. The van der Waals surface area contributed by atoms with Crippen LogP contribution in [0.4, 0.5) is 20.4 Å². The van der Waals surface area contributed by atoms with E-state index in [1.54, 1.807) is 10.7 Å². The molecule has 0 radical (unpaired) electrons. The molecule has 1 unspecified atom stereocenters. The van der Waals surface area contributed by atoms with Gasteiger partial charge in [-0.05, 0) is 45.2 Å². The van der Waals surface area contributed by atoms with E-state index in [2.05, 4.69) is 20.4 Å². The predicted molar refractivity (Wildman–Crippen MR) is 108 cm³/mol. The highest BCUT2D eigenvalue weighted by atomic mass is 19.2. The lowest BCUT2D eigenvalue weighted by Crippen LogP contribution is -2.25. The molecule has 2 aromatic heterocycles. The van der Waals surface area contributed by atoms with Crippen LogP contribution in [0.2, 0.25) is 0 Å². The third kappa shape index (κ3) is 3.81. The number of nitrogens with one attached hydrogen (secondary N) is 2. The topological polar surface area (TPSA) is 78.8 Å². The Morgan fingerprint density at radius 3 is 2.79 bits per heavy atom. The van der Waals surface area contributed by atoms with Crippen LogP contribution in [0.3, 0.4) is 0 Å². The minimum atomic E-state index is -0.842. The SMILES string of the molecule is CC(C)(C)n1ncc2c(=O)[nH]c(NCC3CCN(c4ccc(F)c(F)c4)C3)nc21. The van der Waals surface area contributed by atoms with Crippen LogP contribution in [0.15, 0.2) is 29.2 Å². The Morgan fingerprint density at radius 1 is 1.28 bits per heavy atom. The van der Waals surface area contributed by atoms with E-state index >= 15 is 0 Å². The highest BCUT2D eigenvalue weighted by Gasteiger charge is 2.24. The second kappa shape index (κ2) is 7.13. The number of benzene rings is 1. The molecule has 1 atom stereocenters. The van der Waals surface area contributed by atoms with E-state index in [4.69, 9.17) is 0 Å². The van der Waals surface area contributed by atoms with Gasteiger partial charge < -0.3 is 10.2 Å². The maximum atomic E-state index is 13.5. The largest absolute Gasteiger partial charge is 0.371 e. The van der Waals surface area contributed by atoms with Gasteiger partial charge in [0.2, 0.25) is 5.95 Å². The molecule has 154 valence electrons. The molecule has 7 nitrogen and oxygen atoms in total. The van der Waals surface area contributed by atoms with Crippen LogP contribution in [-0.2, 0) is 5.54 Å². The van der Waals surface area contributed by atoms with Crippen LogP contribution in [0.5, 0.6) is 0 Å². The van der Waals surface area contributed by atoms with Crippen LogP contribution < -0.4 is 15.8 Å². The summed E-state index contributed by atoms with van der Waals surface area (Å²) < 4.78 is 28.4. The molecule has 3 heterocycles. The zero-order valence-corrected chi connectivity index (χ0v) is 16.7. The smallest absolute Gasteiger partial charge is 0.263 e. The van der Waals surface area contributed by atoms with E-state index < -0.39 is 11.6 Å². The summed E-state index contributed by atoms with van der Waals surface area (Å²) in [6.45, 7) is 8.09. The summed E-state index contributed by atoms with van der Waals surface area (Å²) in [4.78, 5) is 21.7. The molecule has 0 bridgehead atoms. The molecule has 4 rings (SSSR count). The van der Waals surface area contributed by atoms with Crippen molar-refractivity contribution in [2.24, 2.45) is 5.92 Å². The second-order valence-corrected chi connectivity index (χ2v) is 8.46. The third-order valence-corrected chi connectivity index (χ3v) is 5.19. The van der Waals surface area contributed by atoms with Crippen molar-refractivity contribution in [2.75, 3.05) is 29.9 Å². The second-order valence-electron chi connectivity index (χ2n) is 8.46. The molecular formula is C20H24F2N6O. The quantitative estimate of drug-likeness (QED) is 0.701. The van der Waals surface area contributed by atoms with E-state index in [1.807, 2.05) is 25.7 Å². The highest BCUT2D eigenvalue weighted by Crippen LogP contribution is 2.25. The normalized spacial score (nSPS) is 17.3. The van der Waals surface area contributed by atoms with Crippen LogP contribution in [-0.4, -0.2) is 39.4 Å². The Morgan fingerprint density at radius 2 is 2.07 bits per heavy atom. The number of halogens is 2. The van der Waals surface area contributed by atoms with E-state index in [9.17, 15) is 13.6 Å². The van der Waals surface area contributed by atoms with Crippen molar-refractivity contribution >= 4 is 22.7 Å². The summed E-state index contributed by atoms with van der Waals surface area (Å²) in [6, 6.07) is 3.97. The van der Waals surface area contributed by atoms with Gasteiger partial charge in [0, 0.05) is 31.4 Å². The van der Waals surface area contributed by atoms with Gasteiger partial charge in [-0.25, -0.2) is 13.5 Å². The molecule has 9 heteroatoms. The first kappa shape index (κ1) is 19.4. The van der Waals surface area contributed by atoms with Crippen LogP contribution in [0.1, 0.15) is 27.2 Å².